The number of carbonyl (C=O) groups excluding carboxylic acids is 1. The van der Waals surface area contributed by atoms with Crippen LogP contribution in [0.1, 0.15) is 0 Å². The van der Waals surface area contributed by atoms with Crippen molar-refractivity contribution in [2.45, 2.75) is 12.3 Å². The number of halogens is 1. The van der Waals surface area contributed by atoms with Crippen LogP contribution in [-0.4, -0.2) is 34.7 Å². The van der Waals surface area contributed by atoms with E-state index in [1.54, 1.807) is 0 Å². The maximum absolute atomic E-state index is 11.8. The van der Waals surface area contributed by atoms with Crippen molar-refractivity contribution in [2.24, 2.45) is 0 Å². The lowest BCUT2D eigenvalue weighted by Gasteiger charge is -2.02. The van der Waals surface area contributed by atoms with Gasteiger partial charge in [0.15, 0.2) is 18.6 Å². The number of rotatable bonds is 3. The molecular formula is C4H5FO4. The van der Waals surface area contributed by atoms with E-state index in [9.17, 15) is 14.0 Å². The highest BCUT2D eigenvalue weighted by Gasteiger charge is 2.24. The summed E-state index contributed by atoms with van der Waals surface area (Å²) in [7, 11) is 0. The zero-order valence-electron chi connectivity index (χ0n) is 4.32. The maximum atomic E-state index is 11.8. The Morgan fingerprint density at radius 1 is 1.67 bits per heavy atom. The minimum atomic E-state index is -2.33. The first kappa shape index (κ1) is 8.03. The number of carboxylic acids is 1. The molecule has 0 saturated carbocycles. The number of aliphatic carboxylic acids is 1. The second-order valence-corrected chi connectivity index (χ2v) is 1.36. The highest BCUT2D eigenvalue weighted by molar-refractivity contribution is 5.77. The number of carboxylic acid groups (broad SMARTS) is 1. The minimum absolute atomic E-state index is 0.265. The van der Waals surface area contributed by atoms with Crippen molar-refractivity contribution in [1.82, 2.24) is 0 Å². The Balaban J connectivity index is 3.86. The molecule has 0 saturated heterocycles. The van der Waals surface area contributed by atoms with Crippen LogP contribution in [-0.2, 0) is 9.59 Å². The zero-order chi connectivity index (χ0) is 7.44. The molecule has 0 aromatic rings. The normalized spacial score (nSPS) is 16.2. The highest BCUT2D eigenvalue weighted by Crippen LogP contribution is 1.94. The Kier molecular flexibility index (Phi) is 2.80. The van der Waals surface area contributed by atoms with Crippen LogP contribution in [0.3, 0.4) is 0 Å². The van der Waals surface area contributed by atoms with Crippen molar-refractivity contribution in [3.8, 4) is 0 Å². The third-order valence-corrected chi connectivity index (χ3v) is 0.685. The average Bonchev–Trinajstić information content (AvgIpc) is 1.84. The third kappa shape index (κ3) is 2.18. The number of aliphatic hydroxyl groups is 1. The molecule has 2 atom stereocenters. The van der Waals surface area contributed by atoms with Crippen LogP contribution in [0.5, 0.6) is 0 Å². The van der Waals surface area contributed by atoms with Gasteiger partial charge in [-0.2, -0.15) is 0 Å². The lowest BCUT2D eigenvalue weighted by molar-refractivity contribution is -0.151. The van der Waals surface area contributed by atoms with Crippen LogP contribution in [0.2, 0.25) is 0 Å². The summed E-state index contributed by atoms with van der Waals surface area (Å²) in [5.41, 5.74) is 0. The molecule has 0 aliphatic heterocycles. The van der Waals surface area contributed by atoms with E-state index in [0.717, 1.165) is 0 Å². The fourth-order valence-electron chi connectivity index (χ4n) is 0.211. The molecule has 2 unspecified atom stereocenters. The Bertz CT molecular complexity index is 124. The predicted molar refractivity (Wildman–Crippen MR) is 24.6 cm³/mol. The van der Waals surface area contributed by atoms with Gasteiger partial charge in [-0.3, -0.25) is 4.79 Å². The minimum Gasteiger partial charge on any atom is -0.479 e. The lowest BCUT2D eigenvalue weighted by Crippen LogP contribution is -2.31. The zero-order valence-corrected chi connectivity index (χ0v) is 4.32. The SMILES string of the molecule is O=CC(F)C(O)C(=O)O. The molecule has 5 heteroatoms. The molecule has 0 aliphatic carbocycles. The van der Waals surface area contributed by atoms with E-state index >= 15 is 0 Å². The fraction of sp³-hybridized carbons (Fsp3) is 0.500. The van der Waals surface area contributed by atoms with Crippen LogP contribution in [0.15, 0.2) is 0 Å². The first-order chi connectivity index (χ1) is 4.09. The molecule has 0 spiro atoms. The van der Waals surface area contributed by atoms with Crippen molar-refractivity contribution in [1.29, 1.82) is 0 Å². The first-order valence-corrected chi connectivity index (χ1v) is 2.10. The van der Waals surface area contributed by atoms with E-state index in [2.05, 4.69) is 0 Å². The van der Waals surface area contributed by atoms with Crippen LogP contribution in [0.25, 0.3) is 0 Å². The molecule has 0 amide bonds. The monoisotopic (exact) mass is 136 g/mol. The molecule has 0 bridgehead atoms. The van der Waals surface area contributed by atoms with Crippen LogP contribution in [0.4, 0.5) is 4.39 Å². The van der Waals surface area contributed by atoms with Gasteiger partial charge in [-0.15, -0.1) is 0 Å². The Labute approximate surface area is 49.9 Å². The Morgan fingerprint density at radius 2 is 2.11 bits per heavy atom. The van der Waals surface area contributed by atoms with E-state index in [-0.39, 0.29) is 6.29 Å². The molecule has 2 N–H and O–H groups in total. The summed E-state index contributed by atoms with van der Waals surface area (Å²) in [4.78, 5) is 19.1. The number of carbonyl (C=O) groups is 2. The second kappa shape index (κ2) is 3.13. The van der Waals surface area contributed by atoms with Crippen LogP contribution < -0.4 is 0 Å². The van der Waals surface area contributed by atoms with Crippen LogP contribution >= 0.6 is 0 Å². The molecule has 52 valence electrons. The topological polar surface area (TPSA) is 74.6 Å². The van der Waals surface area contributed by atoms with Gasteiger partial charge < -0.3 is 10.2 Å². The van der Waals surface area contributed by atoms with E-state index < -0.39 is 18.2 Å². The molecule has 0 aromatic heterocycles. The van der Waals surface area contributed by atoms with Gasteiger partial charge in [0.1, 0.15) is 0 Å². The third-order valence-electron chi connectivity index (χ3n) is 0.685. The van der Waals surface area contributed by atoms with Crippen molar-refractivity contribution in [2.75, 3.05) is 0 Å². The maximum Gasteiger partial charge on any atom is 0.336 e. The van der Waals surface area contributed by atoms with Gasteiger partial charge in [0.05, 0.1) is 0 Å². The van der Waals surface area contributed by atoms with E-state index in [0.29, 0.717) is 0 Å². The molecule has 0 heterocycles. The second-order valence-electron chi connectivity index (χ2n) is 1.36. The van der Waals surface area contributed by atoms with E-state index in [4.69, 9.17) is 10.2 Å². The number of aldehydes is 1. The molecule has 0 radical (unpaired) electrons. The van der Waals surface area contributed by atoms with Gasteiger partial charge >= 0.3 is 5.97 Å². The highest BCUT2D eigenvalue weighted by atomic mass is 19.1. The quantitative estimate of drug-likeness (QED) is 0.486. The number of hydrogen-bond acceptors (Lipinski definition) is 3. The average molecular weight is 136 g/mol. The summed E-state index contributed by atoms with van der Waals surface area (Å²) in [5, 5.41) is 16.0. The van der Waals surface area contributed by atoms with Gasteiger partial charge in [-0.25, -0.2) is 9.18 Å². The summed E-state index contributed by atoms with van der Waals surface area (Å²) in [5.74, 6) is -1.74. The van der Waals surface area contributed by atoms with E-state index in [1.165, 1.54) is 0 Å². The van der Waals surface area contributed by atoms with Crippen molar-refractivity contribution in [3.05, 3.63) is 0 Å². The predicted octanol–water partition coefficient (Wildman–Crippen LogP) is -1.03. The lowest BCUT2D eigenvalue weighted by atomic mass is 10.2. The summed E-state index contributed by atoms with van der Waals surface area (Å²) >= 11 is 0. The Morgan fingerprint density at radius 3 is 2.22 bits per heavy atom. The number of alkyl halides is 1. The molecule has 4 nitrogen and oxygen atoms in total. The van der Waals surface area contributed by atoms with Crippen molar-refractivity contribution in [3.63, 3.8) is 0 Å². The summed E-state index contributed by atoms with van der Waals surface area (Å²) in [6.07, 6.45) is -4.83. The van der Waals surface area contributed by atoms with Gasteiger partial charge in [-0.1, -0.05) is 0 Å². The molecule has 0 aliphatic rings. The molecule has 0 aromatic carbocycles. The molecule has 9 heavy (non-hydrogen) atoms. The molecule has 0 fully saturated rings. The number of aliphatic hydroxyl groups excluding tert-OH is 1. The smallest absolute Gasteiger partial charge is 0.336 e. The Hall–Kier alpha value is -0.970. The van der Waals surface area contributed by atoms with Gasteiger partial charge in [0, 0.05) is 0 Å². The van der Waals surface area contributed by atoms with Crippen molar-refractivity contribution >= 4 is 12.3 Å². The summed E-state index contributed by atoms with van der Waals surface area (Å²) in [6, 6.07) is 0. The largest absolute Gasteiger partial charge is 0.479 e. The standard InChI is InChI=1S/C4H5FO4/c5-2(1-6)3(7)4(8)9/h1-3,7H,(H,8,9). The molecular weight excluding hydrogens is 131 g/mol. The van der Waals surface area contributed by atoms with Gasteiger partial charge in [-0.05, 0) is 0 Å². The first-order valence-electron chi connectivity index (χ1n) is 2.10. The van der Waals surface area contributed by atoms with Gasteiger partial charge in [0.2, 0.25) is 0 Å². The van der Waals surface area contributed by atoms with Gasteiger partial charge in [0.25, 0.3) is 0 Å². The number of hydrogen-bond donors (Lipinski definition) is 2. The summed E-state index contributed by atoms with van der Waals surface area (Å²) < 4.78 is 11.8. The van der Waals surface area contributed by atoms with E-state index in [1.807, 2.05) is 0 Å². The van der Waals surface area contributed by atoms with Crippen molar-refractivity contribution < 1.29 is 24.2 Å². The molecule has 0 rings (SSSR count). The fourth-order valence-corrected chi connectivity index (χ4v) is 0.211. The summed E-state index contributed by atoms with van der Waals surface area (Å²) in [6.45, 7) is 0. The van der Waals surface area contributed by atoms with Crippen LogP contribution in [0, 0.1) is 0 Å².